The highest BCUT2D eigenvalue weighted by molar-refractivity contribution is 6.32. The molecular weight excluding hydrogens is 284 g/mol. The van der Waals surface area contributed by atoms with Crippen LogP contribution in [0.3, 0.4) is 0 Å². The van der Waals surface area contributed by atoms with Gasteiger partial charge in [-0.3, -0.25) is 4.79 Å². The average Bonchev–Trinajstić information content (AvgIpc) is 2.76. The van der Waals surface area contributed by atoms with Crippen LogP contribution in [-0.2, 0) is 0 Å². The van der Waals surface area contributed by atoms with Gasteiger partial charge in [-0.2, -0.15) is 0 Å². The topological polar surface area (TPSA) is 55.1 Å². The molecule has 1 atom stereocenters. The Bertz CT molecular complexity index is 599. The van der Waals surface area contributed by atoms with E-state index in [9.17, 15) is 4.79 Å². The van der Waals surface area contributed by atoms with Crippen molar-refractivity contribution in [1.29, 1.82) is 0 Å². The van der Waals surface area contributed by atoms with Gasteiger partial charge < -0.3 is 11.1 Å². The highest BCUT2D eigenvalue weighted by Crippen LogP contribution is 2.37. The molecule has 0 bridgehead atoms. The Balaban J connectivity index is 2.11. The average molecular weight is 305 g/mol. The summed E-state index contributed by atoms with van der Waals surface area (Å²) in [5, 5.41) is 3.60. The number of nitrogens with two attached hydrogens (primary N) is 1. The molecular formula is C17H21ClN2O. The molecule has 0 saturated heterocycles. The zero-order chi connectivity index (χ0) is 15.5. The summed E-state index contributed by atoms with van der Waals surface area (Å²) in [7, 11) is 0. The fraction of sp³-hybridized carbons (Fsp3) is 0.471. The van der Waals surface area contributed by atoms with Crippen LogP contribution in [-0.4, -0.2) is 18.5 Å². The van der Waals surface area contributed by atoms with Crippen LogP contribution in [0, 0.1) is 17.3 Å². The molecule has 0 heterocycles. The van der Waals surface area contributed by atoms with E-state index in [0.29, 0.717) is 16.1 Å². The quantitative estimate of drug-likeness (QED) is 0.825. The summed E-state index contributed by atoms with van der Waals surface area (Å²) in [4.78, 5) is 12.3. The molecule has 112 valence electrons. The van der Waals surface area contributed by atoms with Gasteiger partial charge in [0.05, 0.1) is 11.6 Å². The molecule has 1 aliphatic carbocycles. The Hall–Kier alpha value is -1.50. The van der Waals surface area contributed by atoms with E-state index in [0.717, 1.165) is 19.3 Å². The van der Waals surface area contributed by atoms with Crippen molar-refractivity contribution in [3.63, 3.8) is 0 Å². The van der Waals surface area contributed by atoms with Crippen molar-refractivity contribution < 1.29 is 4.79 Å². The van der Waals surface area contributed by atoms with Gasteiger partial charge in [-0.05, 0) is 36.5 Å². The zero-order valence-corrected chi connectivity index (χ0v) is 13.3. The summed E-state index contributed by atoms with van der Waals surface area (Å²) in [5.74, 6) is 5.57. The largest absolute Gasteiger partial charge is 0.349 e. The lowest BCUT2D eigenvalue weighted by Crippen LogP contribution is -2.41. The van der Waals surface area contributed by atoms with E-state index in [1.807, 2.05) is 0 Å². The summed E-state index contributed by atoms with van der Waals surface area (Å²) in [6, 6.07) is 5.41. The number of hydrogen-bond acceptors (Lipinski definition) is 2. The summed E-state index contributed by atoms with van der Waals surface area (Å²) >= 11 is 6.16. The second kappa shape index (κ2) is 6.51. The molecule has 0 aromatic heterocycles. The van der Waals surface area contributed by atoms with Gasteiger partial charge in [0.15, 0.2) is 0 Å². The van der Waals surface area contributed by atoms with E-state index >= 15 is 0 Å². The van der Waals surface area contributed by atoms with Crippen LogP contribution in [0.4, 0.5) is 0 Å². The van der Waals surface area contributed by atoms with E-state index in [4.69, 9.17) is 17.3 Å². The molecule has 1 amide bonds. The van der Waals surface area contributed by atoms with E-state index in [-0.39, 0.29) is 23.9 Å². The van der Waals surface area contributed by atoms with Crippen LogP contribution < -0.4 is 11.1 Å². The number of benzene rings is 1. The van der Waals surface area contributed by atoms with Crippen LogP contribution in [0.1, 0.15) is 49.0 Å². The number of nitrogens with one attached hydrogen (secondary N) is 1. The van der Waals surface area contributed by atoms with Crippen molar-refractivity contribution >= 4 is 17.5 Å². The van der Waals surface area contributed by atoms with Gasteiger partial charge in [-0.25, -0.2) is 0 Å². The van der Waals surface area contributed by atoms with Gasteiger partial charge in [0.2, 0.25) is 0 Å². The molecule has 21 heavy (non-hydrogen) atoms. The highest BCUT2D eigenvalue weighted by Gasteiger charge is 2.35. The minimum Gasteiger partial charge on any atom is -0.349 e. The Labute approximate surface area is 131 Å². The monoisotopic (exact) mass is 304 g/mol. The minimum atomic E-state index is -0.0739. The Morgan fingerprint density at radius 1 is 1.52 bits per heavy atom. The fourth-order valence-corrected chi connectivity index (χ4v) is 2.97. The fourth-order valence-electron chi connectivity index (χ4n) is 2.74. The zero-order valence-electron chi connectivity index (χ0n) is 12.5. The van der Waals surface area contributed by atoms with Gasteiger partial charge in [0, 0.05) is 17.2 Å². The lowest BCUT2D eigenvalue weighted by molar-refractivity contribution is 0.0910. The first-order chi connectivity index (χ1) is 9.94. The molecule has 1 saturated carbocycles. The molecule has 3 N–H and O–H groups in total. The van der Waals surface area contributed by atoms with Crippen molar-refractivity contribution in [3.05, 3.63) is 34.3 Å². The SMILES string of the molecule is CC1(C)CCCC1NC(=O)c1ccc(C#CCN)c(Cl)c1. The van der Waals surface area contributed by atoms with Crippen molar-refractivity contribution in [2.24, 2.45) is 11.1 Å². The van der Waals surface area contributed by atoms with E-state index in [1.165, 1.54) is 0 Å². The van der Waals surface area contributed by atoms with Crippen LogP contribution >= 0.6 is 11.6 Å². The Kier molecular flexibility index (Phi) is 4.92. The molecule has 1 unspecified atom stereocenters. The molecule has 1 fully saturated rings. The number of hydrogen-bond donors (Lipinski definition) is 2. The first-order valence-electron chi connectivity index (χ1n) is 7.23. The van der Waals surface area contributed by atoms with Crippen LogP contribution in [0.5, 0.6) is 0 Å². The molecule has 1 aromatic rings. The summed E-state index contributed by atoms with van der Waals surface area (Å²) < 4.78 is 0. The standard InChI is InChI=1S/C17H21ClN2O/c1-17(2)9-3-6-15(17)20-16(21)13-8-7-12(5-4-10-19)14(18)11-13/h7-8,11,15H,3,6,9-10,19H2,1-2H3,(H,20,21). The molecule has 0 aliphatic heterocycles. The van der Waals surface area contributed by atoms with Crippen molar-refractivity contribution in [1.82, 2.24) is 5.32 Å². The maximum absolute atomic E-state index is 12.3. The molecule has 4 heteroatoms. The Morgan fingerprint density at radius 2 is 2.29 bits per heavy atom. The first kappa shape index (κ1) is 15.9. The lowest BCUT2D eigenvalue weighted by Gasteiger charge is -2.27. The number of halogens is 1. The molecule has 2 rings (SSSR count). The van der Waals surface area contributed by atoms with E-state index in [2.05, 4.69) is 31.0 Å². The van der Waals surface area contributed by atoms with E-state index < -0.39 is 0 Å². The lowest BCUT2D eigenvalue weighted by atomic mass is 9.87. The Morgan fingerprint density at radius 3 is 2.86 bits per heavy atom. The third-order valence-electron chi connectivity index (χ3n) is 4.12. The first-order valence-corrected chi connectivity index (χ1v) is 7.61. The van der Waals surface area contributed by atoms with Gasteiger partial charge in [-0.15, -0.1) is 0 Å². The molecule has 1 aromatic carbocycles. The normalized spacial score (nSPS) is 19.7. The van der Waals surface area contributed by atoms with Gasteiger partial charge in [0.25, 0.3) is 5.91 Å². The molecule has 0 spiro atoms. The van der Waals surface area contributed by atoms with Crippen molar-refractivity contribution in [2.45, 2.75) is 39.2 Å². The number of rotatable bonds is 2. The highest BCUT2D eigenvalue weighted by atomic mass is 35.5. The summed E-state index contributed by atoms with van der Waals surface area (Å²) in [5.41, 5.74) is 6.76. The van der Waals surface area contributed by atoms with Crippen molar-refractivity contribution in [3.8, 4) is 11.8 Å². The third kappa shape index (κ3) is 3.78. The minimum absolute atomic E-state index is 0.0739. The van der Waals surface area contributed by atoms with Crippen LogP contribution in [0.25, 0.3) is 0 Å². The van der Waals surface area contributed by atoms with Gasteiger partial charge >= 0.3 is 0 Å². The molecule has 1 aliphatic rings. The van der Waals surface area contributed by atoms with Crippen LogP contribution in [0.2, 0.25) is 5.02 Å². The second-order valence-electron chi connectivity index (χ2n) is 6.11. The second-order valence-corrected chi connectivity index (χ2v) is 6.51. The molecule has 0 radical (unpaired) electrons. The van der Waals surface area contributed by atoms with Gasteiger partial charge in [0.1, 0.15) is 0 Å². The predicted octanol–water partition coefficient (Wildman–Crippen LogP) is 2.96. The number of carbonyl (C=O) groups is 1. The number of carbonyl (C=O) groups excluding carboxylic acids is 1. The maximum atomic E-state index is 12.3. The number of amides is 1. The van der Waals surface area contributed by atoms with Gasteiger partial charge in [-0.1, -0.05) is 43.7 Å². The van der Waals surface area contributed by atoms with Crippen molar-refractivity contribution in [2.75, 3.05) is 6.54 Å². The third-order valence-corrected chi connectivity index (χ3v) is 4.43. The predicted molar refractivity (Wildman–Crippen MR) is 86.3 cm³/mol. The summed E-state index contributed by atoms with van der Waals surface area (Å²) in [6.45, 7) is 4.68. The van der Waals surface area contributed by atoms with E-state index in [1.54, 1.807) is 18.2 Å². The summed E-state index contributed by atoms with van der Waals surface area (Å²) in [6.07, 6.45) is 3.34. The maximum Gasteiger partial charge on any atom is 0.251 e. The smallest absolute Gasteiger partial charge is 0.251 e. The van der Waals surface area contributed by atoms with Crippen LogP contribution in [0.15, 0.2) is 18.2 Å². The molecule has 3 nitrogen and oxygen atoms in total.